The molecule has 104 valence electrons. The van der Waals surface area contributed by atoms with Crippen LogP contribution in [0.4, 0.5) is 5.69 Å². The number of hydrogen-bond donors (Lipinski definition) is 2. The summed E-state index contributed by atoms with van der Waals surface area (Å²) < 4.78 is 5.77. The highest BCUT2D eigenvalue weighted by Crippen LogP contribution is 2.13. The summed E-state index contributed by atoms with van der Waals surface area (Å²) in [7, 11) is 0. The molecule has 0 saturated carbocycles. The predicted molar refractivity (Wildman–Crippen MR) is 76.9 cm³/mol. The smallest absolute Gasteiger partial charge is 0.322 e. The molecule has 2 N–H and O–H groups in total. The second-order valence-corrected chi connectivity index (χ2v) is 4.83. The predicted octanol–water partition coefficient (Wildman–Crippen LogP) is 1.93. The molecule has 1 rings (SSSR count). The minimum atomic E-state index is -0.504. The lowest BCUT2D eigenvalue weighted by molar-refractivity contribution is -0.145. The molecule has 0 aliphatic heterocycles. The number of amides is 1. The monoisotopic (exact) mass is 328 g/mol. The third-order valence-corrected chi connectivity index (χ3v) is 2.87. The number of carbonyl (C=O) groups excluding carboxylic acids is 2. The Morgan fingerprint density at radius 3 is 2.53 bits per heavy atom. The molecule has 0 saturated heterocycles. The van der Waals surface area contributed by atoms with E-state index in [-0.39, 0.29) is 18.4 Å². The van der Waals surface area contributed by atoms with E-state index in [0.29, 0.717) is 12.3 Å². The largest absolute Gasteiger partial charge is 0.465 e. The van der Waals surface area contributed by atoms with E-state index >= 15 is 0 Å². The third kappa shape index (κ3) is 5.85. The van der Waals surface area contributed by atoms with Crippen molar-refractivity contribution in [1.82, 2.24) is 5.32 Å². The SMILES string of the molecule is CCOC(=O)C(C)NCC(=O)Nc1ccc(Br)cc1. The van der Waals surface area contributed by atoms with Crippen LogP contribution in [0.5, 0.6) is 0 Å². The van der Waals surface area contributed by atoms with Gasteiger partial charge in [0.15, 0.2) is 0 Å². The van der Waals surface area contributed by atoms with Gasteiger partial charge < -0.3 is 10.1 Å². The highest BCUT2D eigenvalue weighted by molar-refractivity contribution is 9.10. The van der Waals surface area contributed by atoms with Crippen LogP contribution in [-0.2, 0) is 14.3 Å². The highest BCUT2D eigenvalue weighted by Gasteiger charge is 2.14. The molecule has 1 atom stereocenters. The van der Waals surface area contributed by atoms with Crippen LogP contribution in [0.2, 0.25) is 0 Å². The van der Waals surface area contributed by atoms with Crippen LogP contribution in [0.25, 0.3) is 0 Å². The number of benzene rings is 1. The first kappa shape index (κ1) is 15.7. The number of esters is 1. The Morgan fingerprint density at radius 2 is 1.95 bits per heavy atom. The summed E-state index contributed by atoms with van der Waals surface area (Å²) in [5, 5.41) is 5.52. The van der Waals surface area contributed by atoms with Crippen LogP contribution >= 0.6 is 15.9 Å². The van der Waals surface area contributed by atoms with Crippen LogP contribution in [-0.4, -0.2) is 31.1 Å². The molecule has 1 aromatic rings. The van der Waals surface area contributed by atoms with Crippen molar-refractivity contribution >= 4 is 33.5 Å². The molecule has 0 aromatic heterocycles. The topological polar surface area (TPSA) is 67.4 Å². The van der Waals surface area contributed by atoms with Gasteiger partial charge in [-0.25, -0.2) is 0 Å². The van der Waals surface area contributed by atoms with Crippen molar-refractivity contribution in [2.45, 2.75) is 19.9 Å². The van der Waals surface area contributed by atoms with Gasteiger partial charge in [0, 0.05) is 10.2 Å². The highest BCUT2D eigenvalue weighted by atomic mass is 79.9. The van der Waals surface area contributed by atoms with Crippen LogP contribution in [0.1, 0.15) is 13.8 Å². The van der Waals surface area contributed by atoms with E-state index in [1.165, 1.54) is 0 Å². The molecule has 0 heterocycles. The summed E-state index contributed by atoms with van der Waals surface area (Å²) >= 11 is 3.32. The van der Waals surface area contributed by atoms with Gasteiger partial charge in [-0.3, -0.25) is 14.9 Å². The molecule has 1 unspecified atom stereocenters. The Labute approximate surface area is 120 Å². The van der Waals surface area contributed by atoms with E-state index in [0.717, 1.165) is 4.47 Å². The molecule has 6 heteroatoms. The van der Waals surface area contributed by atoms with Gasteiger partial charge in [0.05, 0.1) is 13.2 Å². The minimum absolute atomic E-state index is 0.0516. The standard InChI is InChI=1S/C13H17BrN2O3/c1-3-19-13(18)9(2)15-8-12(17)16-11-6-4-10(14)5-7-11/h4-7,9,15H,3,8H2,1-2H3,(H,16,17). The fourth-order valence-electron chi connectivity index (χ4n) is 1.33. The van der Waals surface area contributed by atoms with Crippen molar-refractivity contribution in [3.05, 3.63) is 28.7 Å². The average molecular weight is 329 g/mol. The van der Waals surface area contributed by atoms with Gasteiger partial charge in [0.25, 0.3) is 0 Å². The number of anilines is 1. The van der Waals surface area contributed by atoms with Gasteiger partial charge in [-0.1, -0.05) is 15.9 Å². The molecular formula is C13H17BrN2O3. The summed E-state index contributed by atoms with van der Waals surface area (Å²) in [5.41, 5.74) is 0.707. The zero-order chi connectivity index (χ0) is 14.3. The van der Waals surface area contributed by atoms with Gasteiger partial charge in [0.2, 0.25) is 5.91 Å². The molecule has 0 aliphatic carbocycles. The Morgan fingerprint density at radius 1 is 1.32 bits per heavy atom. The number of ether oxygens (including phenoxy) is 1. The molecule has 0 radical (unpaired) electrons. The molecule has 0 bridgehead atoms. The first-order valence-electron chi connectivity index (χ1n) is 5.98. The van der Waals surface area contributed by atoms with Crippen LogP contribution in [0.3, 0.4) is 0 Å². The molecule has 0 aliphatic rings. The fourth-order valence-corrected chi connectivity index (χ4v) is 1.60. The van der Waals surface area contributed by atoms with Crippen molar-refractivity contribution in [2.75, 3.05) is 18.5 Å². The van der Waals surface area contributed by atoms with Crippen molar-refractivity contribution < 1.29 is 14.3 Å². The van der Waals surface area contributed by atoms with Gasteiger partial charge in [-0.2, -0.15) is 0 Å². The molecule has 1 amide bonds. The molecular weight excluding hydrogens is 312 g/mol. The molecule has 19 heavy (non-hydrogen) atoms. The van der Waals surface area contributed by atoms with E-state index in [4.69, 9.17) is 4.74 Å². The summed E-state index contributed by atoms with van der Waals surface area (Å²) in [4.78, 5) is 23.0. The van der Waals surface area contributed by atoms with Crippen molar-refractivity contribution in [3.63, 3.8) is 0 Å². The number of rotatable bonds is 6. The summed E-state index contributed by atoms with van der Waals surface area (Å²) in [6.45, 7) is 3.78. The molecule has 0 fully saturated rings. The maximum atomic E-state index is 11.6. The summed E-state index contributed by atoms with van der Waals surface area (Å²) in [6, 6.07) is 6.75. The van der Waals surface area contributed by atoms with Gasteiger partial charge >= 0.3 is 5.97 Å². The maximum Gasteiger partial charge on any atom is 0.322 e. The third-order valence-electron chi connectivity index (χ3n) is 2.34. The minimum Gasteiger partial charge on any atom is -0.465 e. The lowest BCUT2D eigenvalue weighted by Crippen LogP contribution is -2.40. The number of halogens is 1. The van der Waals surface area contributed by atoms with Gasteiger partial charge in [-0.15, -0.1) is 0 Å². The zero-order valence-corrected chi connectivity index (χ0v) is 12.5. The van der Waals surface area contributed by atoms with Crippen molar-refractivity contribution in [1.29, 1.82) is 0 Å². The second-order valence-electron chi connectivity index (χ2n) is 3.91. The zero-order valence-electron chi connectivity index (χ0n) is 10.9. The van der Waals surface area contributed by atoms with Gasteiger partial charge in [0.1, 0.15) is 6.04 Å². The van der Waals surface area contributed by atoms with E-state index in [9.17, 15) is 9.59 Å². The number of nitrogens with one attached hydrogen (secondary N) is 2. The Bertz CT molecular complexity index is 434. The van der Waals surface area contributed by atoms with E-state index in [2.05, 4.69) is 26.6 Å². The first-order valence-corrected chi connectivity index (χ1v) is 6.77. The molecule has 1 aromatic carbocycles. The van der Waals surface area contributed by atoms with E-state index in [1.54, 1.807) is 26.0 Å². The lowest BCUT2D eigenvalue weighted by atomic mass is 10.3. The quantitative estimate of drug-likeness (QED) is 0.783. The lowest BCUT2D eigenvalue weighted by Gasteiger charge is -2.12. The Balaban J connectivity index is 2.35. The molecule has 5 nitrogen and oxygen atoms in total. The number of carbonyl (C=O) groups is 2. The van der Waals surface area contributed by atoms with Crippen molar-refractivity contribution in [2.24, 2.45) is 0 Å². The second kappa shape index (κ2) is 7.91. The Kier molecular flexibility index (Phi) is 6.52. The normalized spacial score (nSPS) is 11.7. The van der Waals surface area contributed by atoms with Gasteiger partial charge in [-0.05, 0) is 38.1 Å². The first-order chi connectivity index (χ1) is 9.02. The summed E-state index contributed by atoms with van der Waals surface area (Å²) in [6.07, 6.45) is 0. The molecule has 0 spiro atoms. The van der Waals surface area contributed by atoms with Crippen molar-refractivity contribution in [3.8, 4) is 0 Å². The summed E-state index contributed by atoms with van der Waals surface area (Å²) in [5.74, 6) is -0.572. The van der Waals surface area contributed by atoms with E-state index < -0.39 is 6.04 Å². The number of hydrogen-bond acceptors (Lipinski definition) is 4. The van der Waals surface area contributed by atoms with Crippen LogP contribution in [0.15, 0.2) is 28.7 Å². The average Bonchev–Trinajstić information content (AvgIpc) is 2.39. The maximum absolute atomic E-state index is 11.6. The van der Waals surface area contributed by atoms with E-state index in [1.807, 2.05) is 12.1 Å². The Hall–Kier alpha value is -1.40. The van der Waals surface area contributed by atoms with Crippen LogP contribution in [0, 0.1) is 0 Å². The fraction of sp³-hybridized carbons (Fsp3) is 0.385. The van der Waals surface area contributed by atoms with Crippen LogP contribution < -0.4 is 10.6 Å².